The Morgan fingerprint density at radius 3 is 0.915 bits per heavy atom. The standard InChI is InChI=1S/C40H32BNO2S.C34H20ClNS.C25H14BrClS.C12H24B2O4.C9H8BNO2/c1-38(2)39(3,4)44-41(43-38)27-19-21-30-29-20-18-26(28-13-9-11-25-12-10-22-42-37(25)28)23-33(29)40(34(30)24-27)31-14-5-7-16-35(31)45-36-17-8-6-15-32(36)40;35-23-15-17-26-25-16-14-22(24-9-5-7-21-8-6-18-36-33(21)24)19-29(25)34(30(26)20-23)27-10-1-3-12-31(27)37-32-13-4-2-11-28(32)34;26-15-9-11-17-18-12-10-16(27)14-22(18)25(21(17)13-15)19-5-1-3-7-23(19)28-24-8-4-2-6-20(24)25;1-9(2)10(3,4)16-13(15-9)14-17-11(5,6)12(7,8)18-14;12-10(13)8-5-1-3-7-4-2-6-11-9(7)8/h5-24H,1-4H3;1-20H;1-14H;1-8H3;1-6,12-13H. The lowest BCUT2D eigenvalue weighted by atomic mass is 9.49. The van der Waals surface area contributed by atoms with E-state index in [0.29, 0.717) is 11.0 Å². The van der Waals surface area contributed by atoms with Gasteiger partial charge in [-0.15, -0.1) is 0 Å². The van der Waals surface area contributed by atoms with Gasteiger partial charge in [0.1, 0.15) is 0 Å². The first kappa shape index (κ1) is 93.2. The fraction of sp³-hybridized carbons (Fsp3) is 0.175. The van der Waals surface area contributed by atoms with Crippen molar-refractivity contribution < 1.29 is 38.0 Å². The summed E-state index contributed by atoms with van der Waals surface area (Å²) >= 11 is 22.5. The number of halogens is 3. The van der Waals surface area contributed by atoms with Crippen molar-refractivity contribution in [2.45, 2.75) is 162 Å². The number of hydrogen-bond donors (Lipinski definition) is 2. The molecule has 0 unspecified atom stereocenters. The Balaban J connectivity index is 0.000000104. The van der Waals surface area contributed by atoms with Crippen molar-refractivity contribution in [1.29, 1.82) is 0 Å². The largest absolute Gasteiger partial charge is 0.494 e. The minimum atomic E-state index is -1.46. The molecule has 692 valence electrons. The summed E-state index contributed by atoms with van der Waals surface area (Å²) < 4.78 is 38.1. The van der Waals surface area contributed by atoms with Crippen LogP contribution in [0.1, 0.15) is 150 Å². The molecule has 0 atom stereocenters. The number of rotatable bonds is 5. The van der Waals surface area contributed by atoms with E-state index in [4.69, 9.17) is 71.1 Å². The fourth-order valence-corrected chi connectivity index (χ4v) is 26.4. The van der Waals surface area contributed by atoms with Gasteiger partial charge in [-0.25, -0.2) is 0 Å². The molecule has 21 heteroatoms. The van der Waals surface area contributed by atoms with E-state index < -0.39 is 50.3 Å². The molecule has 141 heavy (non-hydrogen) atoms. The predicted octanol–water partition coefficient (Wildman–Crippen LogP) is 28.5. The molecule has 3 aromatic heterocycles. The van der Waals surface area contributed by atoms with Gasteiger partial charge in [-0.3, -0.25) is 15.0 Å². The number of aromatic nitrogens is 3. The maximum atomic E-state index is 9.04. The van der Waals surface area contributed by atoms with Crippen LogP contribution in [0.15, 0.2) is 398 Å². The zero-order chi connectivity index (χ0) is 97.2. The first-order valence-electron chi connectivity index (χ1n) is 47.8. The molecule has 18 aromatic rings. The first-order chi connectivity index (χ1) is 67.9. The van der Waals surface area contributed by atoms with E-state index in [1.165, 1.54) is 141 Å². The Morgan fingerprint density at radius 1 is 0.270 bits per heavy atom. The number of hydrogen-bond acceptors (Lipinski definition) is 14. The lowest BCUT2D eigenvalue weighted by molar-refractivity contribution is 0.00578. The summed E-state index contributed by atoms with van der Waals surface area (Å²) in [6, 6.07) is 123. The summed E-state index contributed by atoms with van der Waals surface area (Å²) in [4.78, 5) is 21.4. The highest BCUT2D eigenvalue weighted by molar-refractivity contribution is 9.10. The van der Waals surface area contributed by atoms with Crippen LogP contribution in [0.3, 0.4) is 0 Å². The molecule has 11 nitrogen and oxygen atoms in total. The normalized spacial score (nSPS) is 17.5. The second-order valence-electron chi connectivity index (χ2n) is 40.3. The third-order valence-corrected chi connectivity index (χ3v) is 35.3. The smallest absolute Gasteiger partial charge is 0.423 e. The number of benzene rings is 15. The van der Waals surface area contributed by atoms with Crippen LogP contribution >= 0.6 is 74.4 Å². The van der Waals surface area contributed by atoms with Crippen LogP contribution in [-0.2, 0) is 44.2 Å². The molecule has 0 radical (unpaired) electrons. The third kappa shape index (κ3) is 15.2. The molecule has 9 aliphatic rings. The first-order valence-corrected chi connectivity index (χ1v) is 51.8. The second kappa shape index (κ2) is 35.3. The molecule has 0 saturated carbocycles. The topological polar surface area (TPSA) is 135 Å². The molecule has 3 aliphatic carbocycles. The summed E-state index contributed by atoms with van der Waals surface area (Å²) in [5.41, 5.74) is 28.5. The fourth-order valence-electron chi connectivity index (χ4n) is 22.1. The molecule has 9 heterocycles. The van der Waals surface area contributed by atoms with Crippen molar-refractivity contribution in [1.82, 2.24) is 15.0 Å². The average Bonchev–Trinajstić information content (AvgIpc) is 1.53. The molecular weight excluding hydrogens is 1900 g/mol. The van der Waals surface area contributed by atoms with Gasteiger partial charge in [0.25, 0.3) is 0 Å². The van der Waals surface area contributed by atoms with Gasteiger partial charge >= 0.3 is 28.3 Å². The quantitative estimate of drug-likeness (QED) is 0.158. The molecule has 3 spiro atoms. The van der Waals surface area contributed by atoms with E-state index in [2.05, 4.69) is 340 Å². The lowest BCUT2D eigenvalue weighted by Crippen LogP contribution is -2.41. The van der Waals surface area contributed by atoms with Crippen molar-refractivity contribution in [3.8, 4) is 55.6 Å². The van der Waals surface area contributed by atoms with Gasteiger partial charge in [-0.05, 0) is 308 Å². The summed E-state index contributed by atoms with van der Waals surface area (Å²) in [7, 11) is -2.85. The summed E-state index contributed by atoms with van der Waals surface area (Å²) in [5.74, 6) is 0. The molecule has 2 N–H and O–H groups in total. The Kier molecular flexibility index (Phi) is 23.3. The maximum absolute atomic E-state index is 9.04. The van der Waals surface area contributed by atoms with Gasteiger partial charge in [0.15, 0.2) is 0 Å². The monoisotopic (exact) mass is 2000 g/mol. The van der Waals surface area contributed by atoms with Crippen molar-refractivity contribution in [2.24, 2.45) is 0 Å². The maximum Gasteiger partial charge on any atom is 0.494 e. The molecule has 6 aliphatic heterocycles. The summed E-state index contributed by atoms with van der Waals surface area (Å²) in [6.45, 7) is 24.7. The zero-order valence-electron chi connectivity index (χ0n) is 80.0. The SMILES string of the molecule is CC1(C)OB(B2OC(C)(C)C(C)(C)O2)OC1(C)C.CC1(C)OB(c2ccc3c(c2)C2(c4ccccc4Sc4ccccc42)c2cc(-c4cccc5cccnc45)ccc2-3)OC1(C)C.Clc1ccc2c(c1)C1(c3ccccc3Sc3ccccc31)c1cc(-c3cccc4cccnc34)ccc1-2.Clc1ccc2c(c1)C1(c3ccccc3Sc3ccccc31)c1cc(Br)ccc1-2.OB(O)c1cccc2cccnc12. The second-order valence-corrected chi connectivity index (χ2v) is 45.4. The summed E-state index contributed by atoms with van der Waals surface area (Å²) in [6.07, 6.45) is 5.40. The molecule has 27 rings (SSSR count). The predicted molar refractivity (Wildman–Crippen MR) is 582 cm³/mol. The van der Waals surface area contributed by atoms with Crippen LogP contribution in [0.2, 0.25) is 10.0 Å². The van der Waals surface area contributed by atoms with Crippen LogP contribution in [0.4, 0.5) is 0 Å². The Bertz CT molecular complexity index is 7850. The summed E-state index contributed by atoms with van der Waals surface area (Å²) in [5, 5.41) is 22.8. The van der Waals surface area contributed by atoms with E-state index in [-0.39, 0.29) is 27.8 Å². The highest BCUT2D eigenvalue weighted by Crippen LogP contribution is 2.67. The van der Waals surface area contributed by atoms with Crippen molar-refractivity contribution in [3.05, 3.63) is 446 Å². The van der Waals surface area contributed by atoms with Crippen LogP contribution < -0.4 is 10.9 Å². The highest BCUT2D eigenvalue weighted by Gasteiger charge is 2.65. The molecule has 3 saturated heterocycles. The van der Waals surface area contributed by atoms with E-state index in [0.717, 1.165) is 58.3 Å². The minimum absolute atomic E-state index is 0.349. The van der Waals surface area contributed by atoms with Crippen molar-refractivity contribution in [3.63, 3.8) is 0 Å². The van der Waals surface area contributed by atoms with E-state index in [9.17, 15) is 0 Å². The van der Waals surface area contributed by atoms with E-state index >= 15 is 0 Å². The highest BCUT2D eigenvalue weighted by atomic mass is 79.9. The van der Waals surface area contributed by atoms with Crippen LogP contribution in [0.25, 0.3) is 88.3 Å². The lowest BCUT2D eigenvalue weighted by Gasteiger charge is -2.40. The van der Waals surface area contributed by atoms with Gasteiger partial charge in [-0.2, -0.15) is 0 Å². The minimum Gasteiger partial charge on any atom is -0.423 e. The molecular formula is C120H98B4BrCl2N3O8S3. The molecule has 15 aromatic carbocycles. The molecule has 3 fully saturated rings. The molecule has 0 amide bonds. The number of para-hydroxylation sites is 3. The van der Waals surface area contributed by atoms with Gasteiger partial charge in [0.05, 0.1) is 66.4 Å². The van der Waals surface area contributed by atoms with E-state index in [1.54, 1.807) is 18.3 Å². The zero-order valence-corrected chi connectivity index (χ0v) is 85.5. The van der Waals surface area contributed by atoms with Crippen molar-refractivity contribution >= 4 is 146 Å². The van der Waals surface area contributed by atoms with Crippen LogP contribution in [0, 0.1) is 0 Å². The third-order valence-electron chi connectivity index (χ3n) is 30.8. The van der Waals surface area contributed by atoms with Crippen LogP contribution in [-0.4, -0.2) is 86.9 Å². The van der Waals surface area contributed by atoms with Crippen molar-refractivity contribution in [2.75, 3.05) is 0 Å². The Hall–Kier alpha value is -11.4. The Morgan fingerprint density at radius 2 is 0.553 bits per heavy atom. The van der Waals surface area contributed by atoms with Gasteiger partial charge < -0.3 is 38.0 Å². The Labute approximate surface area is 855 Å². The number of pyridine rings is 3. The van der Waals surface area contributed by atoms with Gasteiger partial charge in [0, 0.05) is 89.8 Å². The average molecular weight is 2000 g/mol. The van der Waals surface area contributed by atoms with Gasteiger partial charge in [0.2, 0.25) is 0 Å². The van der Waals surface area contributed by atoms with Crippen LogP contribution in [0.5, 0.6) is 0 Å². The van der Waals surface area contributed by atoms with Gasteiger partial charge in [-0.1, -0.05) is 317 Å². The van der Waals surface area contributed by atoms with E-state index in [1.807, 2.05) is 146 Å². The number of nitrogens with zero attached hydrogens (tertiary/aromatic N) is 3. The molecule has 0 bridgehead atoms. The number of fused-ring (bicyclic) bond motifs is 30.